The van der Waals surface area contributed by atoms with Crippen molar-refractivity contribution in [2.75, 3.05) is 7.05 Å². The van der Waals surface area contributed by atoms with E-state index in [1.165, 1.54) is 0 Å². The highest BCUT2D eigenvalue weighted by Crippen LogP contribution is 2.33. The first kappa shape index (κ1) is 15.8. The molecule has 1 N–H and O–H groups in total. The van der Waals surface area contributed by atoms with Crippen molar-refractivity contribution < 1.29 is 9.90 Å². The monoisotopic (exact) mass is 339 g/mol. The van der Waals surface area contributed by atoms with Gasteiger partial charge in [0.2, 0.25) is 0 Å². The molecule has 1 aliphatic carbocycles. The highest BCUT2D eigenvalue weighted by Gasteiger charge is 2.39. The van der Waals surface area contributed by atoms with Gasteiger partial charge in [-0.25, -0.2) is 9.97 Å². The van der Waals surface area contributed by atoms with Crippen molar-refractivity contribution in [1.29, 1.82) is 0 Å². The predicted octanol–water partition coefficient (Wildman–Crippen LogP) is 1.61. The Labute approximate surface area is 145 Å². The number of benzene rings is 1. The van der Waals surface area contributed by atoms with Gasteiger partial charge in [-0.15, -0.1) is 0 Å². The number of hydrogen-bond acceptors (Lipinski definition) is 4. The fourth-order valence-electron chi connectivity index (χ4n) is 3.78. The second kappa shape index (κ2) is 6.00. The summed E-state index contributed by atoms with van der Waals surface area (Å²) < 4.78 is 3.84. The summed E-state index contributed by atoms with van der Waals surface area (Å²) in [7, 11) is 3.68. The number of hydrogen-bond donors (Lipinski definition) is 1. The molecule has 3 atom stereocenters. The van der Waals surface area contributed by atoms with Crippen molar-refractivity contribution >= 4 is 16.9 Å². The number of likely N-dealkylation sites (N-methyl/N-ethyl adjacent to an activating group) is 1. The minimum Gasteiger partial charge on any atom is -0.389 e. The van der Waals surface area contributed by atoms with Crippen LogP contribution in [0.1, 0.15) is 29.2 Å². The summed E-state index contributed by atoms with van der Waals surface area (Å²) in [5.41, 5.74) is 2.37. The molecule has 7 nitrogen and oxygen atoms in total. The van der Waals surface area contributed by atoms with E-state index in [9.17, 15) is 9.90 Å². The van der Waals surface area contributed by atoms with Gasteiger partial charge in [-0.1, -0.05) is 0 Å². The maximum atomic E-state index is 12.9. The smallest absolute Gasteiger partial charge is 0.254 e. The zero-order valence-corrected chi connectivity index (χ0v) is 14.3. The van der Waals surface area contributed by atoms with E-state index in [1.54, 1.807) is 30.8 Å². The molecule has 2 heterocycles. The molecule has 1 saturated carbocycles. The summed E-state index contributed by atoms with van der Waals surface area (Å²) in [6.07, 6.45) is 7.98. The fourth-order valence-corrected chi connectivity index (χ4v) is 3.78. The van der Waals surface area contributed by atoms with Gasteiger partial charge >= 0.3 is 0 Å². The Hall–Kier alpha value is -2.67. The summed E-state index contributed by atoms with van der Waals surface area (Å²) in [6, 6.07) is 5.28. The van der Waals surface area contributed by atoms with E-state index < -0.39 is 6.10 Å². The Balaban J connectivity index is 1.55. The van der Waals surface area contributed by atoms with Gasteiger partial charge in [-0.2, -0.15) is 0 Å². The van der Waals surface area contributed by atoms with Crippen LogP contribution in [0.3, 0.4) is 0 Å². The number of carbonyl (C=O) groups is 1. The molecule has 0 aliphatic heterocycles. The van der Waals surface area contributed by atoms with Crippen LogP contribution in [0.15, 0.2) is 43.2 Å². The van der Waals surface area contributed by atoms with Gasteiger partial charge in [0, 0.05) is 32.1 Å². The van der Waals surface area contributed by atoms with E-state index in [1.807, 2.05) is 40.6 Å². The number of amides is 1. The highest BCUT2D eigenvalue weighted by atomic mass is 16.3. The van der Waals surface area contributed by atoms with E-state index in [0.717, 1.165) is 23.9 Å². The fraction of sp³-hybridized carbons (Fsp3) is 0.389. The van der Waals surface area contributed by atoms with E-state index in [2.05, 4.69) is 9.97 Å². The third kappa shape index (κ3) is 2.60. The molecule has 2 aromatic heterocycles. The van der Waals surface area contributed by atoms with Crippen LogP contribution in [-0.2, 0) is 7.05 Å². The van der Waals surface area contributed by atoms with Crippen LogP contribution in [0.5, 0.6) is 0 Å². The maximum absolute atomic E-state index is 12.9. The first-order valence-electron chi connectivity index (χ1n) is 8.40. The van der Waals surface area contributed by atoms with Crippen LogP contribution in [0.4, 0.5) is 0 Å². The van der Waals surface area contributed by atoms with Gasteiger partial charge in [-0.3, -0.25) is 4.79 Å². The lowest BCUT2D eigenvalue weighted by molar-refractivity contribution is 0.0443. The molecule has 1 aromatic carbocycles. The number of aliphatic hydroxyl groups excluding tert-OH is 1. The highest BCUT2D eigenvalue weighted by molar-refractivity contribution is 5.97. The van der Waals surface area contributed by atoms with Crippen LogP contribution in [-0.4, -0.2) is 54.2 Å². The summed E-state index contributed by atoms with van der Waals surface area (Å²) in [5, 5.41) is 10.7. The van der Waals surface area contributed by atoms with Crippen molar-refractivity contribution in [1.82, 2.24) is 24.0 Å². The number of fused-ring (bicyclic) bond motifs is 1. The zero-order chi connectivity index (χ0) is 17.6. The third-order valence-corrected chi connectivity index (χ3v) is 5.24. The minimum absolute atomic E-state index is 0.0407. The Kier molecular flexibility index (Phi) is 3.80. The largest absolute Gasteiger partial charge is 0.389 e. The molecule has 0 unspecified atom stereocenters. The summed E-state index contributed by atoms with van der Waals surface area (Å²) in [5.74, 6) is -0.0946. The van der Waals surface area contributed by atoms with Gasteiger partial charge in [0.05, 0.1) is 41.9 Å². The SMILES string of the molecule is CN(C(=O)c1ccc2c(c1)ncn2C)[C@@H]1CC[C@@H](n2ccnc2)[C@@H]1O. The Morgan fingerprint density at radius 2 is 2.16 bits per heavy atom. The number of carbonyl (C=O) groups excluding carboxylic acids is 1. The quantitative estimate of drug-likeness (QED) is 0.786. The van der Waals surface area contributed by atoms with E-state index in [-0.39, 0.29) is 18.0 Å². The van der Waals surface area contributed by atoms with Gasteiger partial charge in [0.15, 0.2) is 0 Å². The number of imidazole rings is 2. The second-order valence-electron chi connectivity index (χ2n) is 6.69. The molecule has 3 aromatic rings. The van der Waals surface area contributed by atoms with Crippen LogP contribution in [0, 0.1) is 0 Å². The van der Waals surface area contributed by atoms with Crippen molar-refractivity contribution in [2.45, 2.75) is 31.0 Å². The minimum atomic E-state index is -0.610. The number of rotatable bonds is 3. The molecular weight excluding hydrogens is 318 g/mol. The molecule has 0 radical (unpaired) electrons. The Morgan fingerprint density at radius 3 is 2.92 bits per heavy atom. The second-order valence-corrected chi connectivity index (χ2v) is 6.69. The summed E-state index contributed by atoms with van der Waals surface area (Å²) >= 11 is 0. The average molecular weight is 339 g/mol. The Bertz CT molecular complexity index is 901. The van der Waals surface area contributed by atoms with Gasteiger partial charge in [-0.05, 0) is 31.0 Å². The van der Waals surface area contributed by atoms with E-state index in [0.29, 0.717) is 5.56 Å². The molecule has 7 heteroatoms. The predicted molar refractivity (Wildman–Crippen MR) is 93.1 cm³/mol. The topological polar surface area (TPSA) is 76.2 Å². The number of aromatic nitrogens is 4. The standard InChI is InChI=1S/C18H21N5O2/c1-21-11-20-13-9-12(3-4-14(13)21)18(25)22(2)15-5-6-16(17(15)24)23-8-7-19-10-23/h3-4,7-11,15-17,24H,5-6H2,1-2H3/t15-,16-,17-/m1/s1. The van der Waals surface area contributed by atoms with Gasteiger partial charge in [0.1, 0.15) is 0 Å². The van der Waals surface area contributed by atoms with Crippen molar-refractivity contribution in [3.05, 3.63) is 48.8 Å². The van der Waals surface area contributed by atoms with Crippen LogP contribution >= 0.6 is 0 Å². The average Bonchev–Trinajstić information content (AvgIpc) is 3.34. The maximum Gasteiger partial charge on any atom is 0.254 e. The number of aliphatic hydroxyl groups is 1. The lowest BCUT2D eigenvalue weighted by Gasteiger charge is -2.29. The molecule has 1 amide bonds. The van der Waals surface area contributed by atoms with Crippen molar-refractivity contribution in [3.8, 4) is 0 Å². The van der Waals surface area contributed by atoms with Crippen molar-refractivity contribution in [2.24, 2.45) is 7.05 Å². The van der Waals surface area contributed by atoms with E-state index >= 15 is 0 Å². The normalized spacial score (nSPS) is 23.2. The lowest BCUT2D eigenvalue weighted by Crippen LogP contribution is -2.43. The Morgan fingerprint density at radius 1 is 1.32 bits per heavy atom. The molecule has 1 aliphatic rings. The van der Waals surface area contributed by atoms with Gasteiger partial charge in [0.25, 0.3) is 5.91 Å². The molecule has 0 spiro atoms. The van der Waals surface area contributed by atoms with Crippen molar-refractivity contribution in [3.63, 3.8) is 0 Å². The molecule has 0 saturated heterocycles. The molecule has 4 rings (SSSR count). The first-order chi connectivity index (χ1) is 12.1. The first-order valence-corrected chi connectivity index (χ1v) is 8.40. The van der Waals surface area contributed by atoms with Gasteiger partial charge < -0.3 is 19.1 Å². The zero-order valence-electron chi connectivity index (χ0n) is 14.3. The number of aryl methyl sites for hydroxylation is 1. The molecule has 0 bridgehead atoms. The summed E-state index contributed by atoms with van der Waals surface area (Å²) in [6.45, 7) is 0. The molecular formula is C18H21N5O2. The lowest BCUT2D eigenvalue weighted by atomic mass is 10.1. The number of nitrogens with zero attached hydrogens (tertiary/aromatic N) is 5. The third-order valence-electron chi connectivity index (χ3n) is 5.24. The molecule has 130 valence electrons. The summed E-state index contributed by atoms with van der Waals surface area (Å²) in [4.78, 5) is 22.9. The van der Waals surface area contributed by atoms with Crippen LogP contribution in [0.2, 0.25) is 0 Å². The van der Waals surface area contributed by atoms with Crippen LogP contribution in [0.25, 0.3) is 11.0 Å². The van der Waals surface area contributed by atoms with Crippen LogP contribution < -0.4 is 0 Å². The molecule has 25 heavy (non-hydrogen) atoms. The van der Waals surface area contributed by atoms with E-state index in [4.69, 9.17) is 0 Å². The molecule has 1 fully saturated rings.